The Morgan fingerprint density at radius 2 is 1.90 bits per heavy atom. The Labute approximate surface area is 177 Å². The SMILES string of the molecule is CN(c1cc(F)c(S(=O)(=O)Nc2cscn2)c(F)c1)C1CCNC1.O=C(O)C(F)(F)F. The molecule has 1 saturated heterocycles. The predicted octanol–water partition coefficient (Wildman–Crippen LogP) is 2.65. The molecule has 0 radical (unpaired) electrons. The number of carboxylic acid groups (broad SMARTS) is 1. The lowest BCUT2D eigenvalue weighted by Crippen LogP contribution is -2.33. The molecule has 1 aliphatic rings. The number of hydrogen-bond acceptors (Lipinski definition) is 7. The second-order valence-corrected chi connectivity index (χ2v) is 8.62. The highest BCUT2D eigenvalue weighted by Crippen LogP contribution is 2.28. The van der Waals surface area contributed by atoms with Crippen molar-refractivity contribution in [1.29, 1.82) is 0 Å². The van der Waals surface area contributed by atoms with Crippen LogP contribution >= 0.6 is 11.3 Å². The van der Waals surface area contributed by atoms with Crippen LogP contribution in [0.15, 0.2) is 27.9 Å². The number of hydrogen-bond donors (Lipinski definition) is 3. The molecule has 1 unspecified atom stereocenters. The van der Waals surface area contributed by atoms with Crippen molar-refractivity contribution in [3.05, 3.63) is 34.7 Å². The Hall–Kier alpha value is -2.52. The molecule has 2 aromatic rings. The number of carbonyl (C=O) groups is 1. The number of likely N-dealkylation sites (N-methyl/N-ethyl adjacent to an activating group) is 1. The van der Waals surface area contributed by atoms with Crippen LogP contribution in [0.4, 0.5) is 33.5 Å². The molecule has 2 heterocycles. The number of alkyl halides is 3. The van der Waals surface area contributed by atoms with Gasteiger partial charge in [0, 0.05) is 30.7 Å². The number of carboxylic acids is 1. The smallest absolute Gasteiger partial charge is 0.475 e. The molecule has 0 spiro atoms. The van der Waals surface area contributed by atoms with E-state index >= 15 is 0 Å². The van der Waals surface area contributed by atoms with Gasteiger partial charge in [-0.3, -0.25) is 4.72 Å². The molecule has 1 aromatic heterocycles. The maximum absolute atomic E-state index is 14.4. The van der Waals surface area contributed by atoms with Crippen molar-refractivity contribution >= 4 is 38.8 Å². The predicted molar refractivity (Wildman–Crippen MR) is 103 cm³/mol. The second kappa shape index (κ2) is 9.74. The van der Waals surface area contributed by atoms with Crippen LogP contribution in [0.25, 0.3) is 0 Å². The first-order valence-electron chi connectivity index (χ1n) is 8.46. The van der Waals surface area contributed by atoms with Crippen LogP contribution in [0, 0.1) is 11.6 Å². The summed E-state index contributed by atoms with van der Waals surface area (Å²) in [6.07, 6.45) is -4.23. The molecule has 8 nitrogen and oxygen atoms in total. The summed E-state index contributed by atoms with van der Waals surface area (Å²) in [6, 6.07) is 2.19. The van der Waals surface area contributed by atoms with E-state index in [0.717, 1.165) is 25.1 Å². The first kappa shape index (κ1) is 24.7. The lowest BCUT2D eigenvalue weighted by atomic mass is 10.2. The zero-order chi connectivity index (χ0) is 23.4. The number of aromatic nitrogens is 1. The molecule has 3 rings (SSSR count). The highest BCUT2D eigenvalue weighted by Gasteiger charge is 2.38. The minimum Gasteiger partial charge on any atom is -0.475 e. The highest BCUT2D eigenvalue weighted by atomic mass is 32.2. The summed E-state index contributed by atoms with van der Waals surface area (Å²) < 4.78 is 87.0. The normalized spacial score (nSPS) is 16.4. The Bertz CT molecular complexity index is 987. The molecule has 1 atom stereocenters. The van der Waals surface area contributed by atoms with Crippen LogP contribution in [0.2, 0.25) is 0 Å². The zero-order valence-electron chi connectivity index (χ0n) is 15.8. The first-order chi connectivity index (χ1) is 14.3. The minimum absolute atomic E-state index is 0.0250. The summed E-state index contributed by atoms with van der Waals surface area (Å²) in [5.41, 5.74) is 1.71. The van der Waals surface area contributed by atoms with E-state index in [-0.39, 0.29) is 11.9 Å². The number of nitrogens with one attached hydrogen (secondary N) is 2. The van der Waals surface area contributed by atoms with Crippen LogP contribution in [0.3, 0.4) is 0 Å². The molecule has 1 aromatic carbocycles. The zero-order valence-corrected chi connectivity index (χ0v) is 17.4. The van der Waals surface area contributed by atoms with E-state index in [1.165, 1.54) is 22.2 Å². The maximum atomic E-state index is 14.4. The summed E-state index contributed by atoms with van der Waals surface area (Å²) >= 11 is 1.17. The summed E-state index contributed by atoms with van der Waals surface area (Å²) in [6.45, 7) is 1.55. The topological polar surface area (TPSA) is 112 Å². The van der Waals surface area contributed by atoms with Crippen molar-refractivity contribution in [3.63, 3.8) is 0 Å². The molecule has 31 heavy (non-hydrogen) atoms. The van der Waals surface area contributed by atoms with Crippen molar-refractivity contribution < 1.29 is 40.3 Å². The maximum Gasteiger partial charge on any atom is 0.490 e. The minimum atomic E-state index is -5.08. The van der Waals surface area contributed by atoms with Crippen molar-refractivity contribution in [3.8, 4) is 0 Å². The molecule has 15 heteroatoms. The number of rotatable bonds is 5. The molecular formula is C16H17F5N4O4S2. The van der Waals surface area contributed by atoms with Gasteiger partial charge in [0.15, 0.2) is 10.7 Å². The molecule has 0 bridgehead atoms. The van der Waals surface area contributed by atoms with E-state index in [1.807, 2.05) is 0 Å². The van der Waals surface area contributed by atoms with Gasteiger partial charge in [-0.25, -0.2) is 27.0 Å². The average molecular weight is 488 g/mol. The summed E-state index contributed by atoms with van der Waals surface area (Å²) in [4.78, 5) is 13.4. The van der Waals surface area contributed by atoms with Crippen molar-refractivity contribution in [2.75, 3.05) is 29.8 Å². The van der Waals surface area contributed by atoms with Gasteiger partial charge in [0.05, 0.1) is 5.51 Å². The summed E-state index contributed by atoms with van der Waals surface area (Å²) in [7, 11) is -2.66. The molecule has 0 aliphatic carbocycles. The first-order valence-corrected chi connectivity index (χ1v) is 10.9. The number of halogens is 5. The van der Waals surface area contributed by atoms with Gasteiger partial charge in [0.2, 0.25) is 0 Å². The van der Waals surface area contributed by atoms with E-state index in [4.69, 9.17) is 9.90 Å². The third-order valence-electron chi connectivity index (χ3n) is 4.15. The molecule has 1 fully saturated rings. The summed E-state index contributed by atoms with van der Waals surface area (Å²) in [5.74, 6) is -5.00. The number of nitrogens with zero attached hydrogens (tertiary/aromatic N) is 2. The van der Waals surface area contributed by atoms with Gasteiger partial charge in [-0.1, -0.05) is 0 Å². The Morgan fingerprint density at radius 3 is 2.32 bits per heavy atom. The van der Waals surface area contributed by atoms with Crippen LogP contribution in [-0.4, -0.2) is 56.8 Å². The van der Waals surface area contributed by atoms with E-state index in [1.54, 1.807) is 11.9 Å². The van der Waals surface area contributed by atoms with Gasteiger partial charge >= 0.3 is 12.1 Å². The lowest BCUT2D eigenvalue weighted by Gasteiger charge is -2.26. The Kier molecular flexibility index (Phi) is 7.77. The quantitative estimate of drug-likeness (QED) is 0.555. The second-order valence-electron chi connectivity index (χ2n) is 6.28. The standard InChI is InChI=1S/C14H16F2N4O2S2.C2HF3O2/c1-20(9-2-3-17-6-9)10-4-11(15)14(12(16)5-10)24(21,22)19-13-7-23-8-18-13;3-2(4,5)1(6)7/h4-5,7-9,17,19H,2-3,6H2,1H3;(H,6,7). The third kappa shape index (κ3) is 6.48. The Balaban J connectivity index is 0.000000423. The monoisotopic (exact) mass is 488 g/mol. The van der Waals surface area contributed by atoms with Crippen molar-refractivity contribution in [1.82, 2.24) is 10.3 Å². The molecule has 172 valence electrons. The largest absolute Gasteiger partial charge is 0.490 e. The van der Waals surface area contributed by atoms with Crippen LogP contribution < -0.4 is 14.9 Å². The highest BCUT2D eigenvalue weighted by molar-refractivity contribution is 7.92. The average Bonchev–Trinajstić information content (AvgIpc) is 3.33. The molecule has 0 saturated carbocycles. The molecule has 0 amide bonds. The van der Waals surface area contributed by atoms with E-state index in [9.17, 15) is 30.4 Å². The van der Waals surface area contributed by atoms with Crippen molar-refractivity contribution in [2.24, 2.45) is 0 Å². The van der Waals surface area contributed by atoms with Gasteiger partial charge in [-0.05, 0) is 25.1 Å². The van der Waals surface area contributed by atoms with Gasteiger partial charge in [-0.15, -0.1) is 11.3 Å². The number of anilines is 2. The van der Waals surface area contributed by atoms with E-state index < -0.39 is 38.7 Å². The van der Waals surface area contributed by atoms with Crippen LogP contribution in [0.5, 0.6) is 0 Å². The van der Waals surface area contributed by atoms with E-state index in [2.05, 4.69) is 15.0 Å². The van der Waals surface area contributed by atoms with Crippen molar-refractivity contribution in [2.45, 2.75) is 23.5 Å². The molecular weight excluding hydrogens is 471 g/mol. The fourth-order valence-corrected chi connectivity index (χ4v) is 4.32. The number of aliphatic carboxylic acids is 1. The fraction of sp³-hybridized carbons (Fsp3) is 0.375. The van der Waals surface area contributed by atoms with Gasteiger partial charge in [0.1, 0.15) is 11.6 Å². The number of thiazole rings is 1. The summed E-state index contributed by atoms with van der Waals surface area (Å²) in [5, 5.41) is 11.7. The van der Waals surface area contributed by atoms with Gasteiger partial charge in [0.25, 0.3) is 10.0 Å². The van der Waals surface area contributed by atoms with Crippen LogP contribution in [-0.2, 0) is 14.8 Å². The van der Waals surface area contributed by atoms with Gasteiger partial charge < -0.3 is 15.3 Å². The van der Waals surface area contributed by atoms with E-state index in [0.29, 0.717) is 12.2 Å². The number of benzene rings is 1. The van der Waals surface area contributed by atoms with Crippen LogP contribution in [0.1, 0.15) is 6.42 Å². The molecule has 3 N–H and O–H groups in total. The number of sulfonamides is 1. The molecule has 1 aliphatic heterocycles. The fourth-order valence-electron chi connectivity index (χ4n) is 2.64. The van der Waals surface area contributed by atoms with Gasteiger partial charge in [-0.2, -0.15) is 13.2 Å². The third-order valence-corrected chi connectivity index (χ3v) is 6.15. The Morgan fingerprint density at radius 1 is 1.32 bits per heavy atom. The lowest BCUT2D eigenvalue weighted by molar-refractivity contribution is -0.192.